The molecule has 2 amide bonds. The Bertz CT molecular complexity index is 511. The van der Waals surface area contributed by atoms with E-state index >= 15 is 0 Å². The number of benzene rings is 1. The molecule has 0 atom stereocenters. The number of hydrogen-bond acceptors (Lipinski definition) is 3. The third kappa shape index (κ3) is 2.86. The van der Waals surface area contributed by atoms with Gasteiger partial charge in [-0.3, -0.25) is 9.59 Å². The summed E-state index contributed by atoms with van der Waals surface area (Å²) in [6.45, 7) is 4.59. The molecule has 1 aromatic carbocycles. The normalized spacial score (nSPS) is 13.0. The molecule has 1 aliphatic rings. The molecule has 1 aromatic rings. The van der Waals surface area contributed by atoms with Gasteiger partial charge in [0.1, 0.15) is 0 Å². The van der Waals surface area contributed by atoms with Crippen LogP contribution in [0.25, 0.3) is 0 Å². The van der Waals surface area contributed by atoms with Gasteiger partial charge in [-0.2, -0.15) is 0 Å². The summed E-state index contributed by atoms with van der Waals surface area (Å²) in [5, 5.41) is 3.24. The van der Waals surface area contributed by atoms with Crippen LogP contribution >= 0.6 is 0 Å². The van der Waals surface area contributed by atoms with Gasteiger partial charge in [0.05, 0.1) is 6.54 Å². The first-order chi connectivity index (χ1) is 8.99. The summed E-state index contributed by atoms with van der Waals surface area (Å²) in [5.41, 5.74) is 8.01. The molecule has 0 aliphatic carbocycles. The van der Waals surface area contributed by atoms with Gasteiger partial charge in [-0.15, -0.1) is 0 Å². The SMILES string of the molecule is CC(C)N(CC(N)=O)C(=O)c1ccc2c(c1)NCC2. The number of rotatable bonds is 4. The van der Waals surface area contributed by atoms with Crippen molar-refractivity contribution in [1.29, 1.82) is 0 Å². The molecule has 19 heavy (non-hydrogen) atoms. The van der Waals surface area contributed by atoms with E-state index in [9.17, 15) is 9.59 Å². The number of hydrogen-bond donors (Lipinski definition) is 2. The largest absolute Gasteiger partial charge is 0.384 e. The van der Waals surface area contributed by atoms with E-state index in [0.717, 1.165) is 18.7 Å². The van der Waals surface area contributed by atoms with Gasteiger partial charge in [0.15, 0.2) is 0 Å². The number of nitrogens with two attached hydrogens (primary N) is 1. The van der Waals surface area contributed by atoms with Crippen LogP contribution in [0, 0.1) is 0 Å². The van der Waals surface area contributed by atoms with Crippen molar-refractivity contribution in [2.75, 3.05) is 18.4 Å². The predicted octanol–water partition coefficient (Wildman–Crippen LogP) is 0.990. The molecule has 0 fully saturated rings. The van der Waals surface area contributed by atoms with Crippen molar-refractivity contribution in [3.63, 3.8) is 0 Å². The van der Waals surface area contributed by atoms with E-state index in [-0.39, 0.29) is 18.5 Å². The van der Waals surface area contributed by atoms with Crippen molar-refractivity contribution in [3.8, 4) is 0 Å². The molecule has 5 nitrogen and oxygen atoms in total. The summed E-state index contributed by atoms with van der Waals surface area (Å²) >= 11 is 0. The second-order valence-corrected chi connectivity index (χ2v) is 5.04. The molecular weight excluding hydrogens is 242 g/mol. The lowest BCUT2D eigenvalue weighted by molar-refractivity contribution is -0.119. The maximum atomic E-state index is 12.4. The highest BCUT2D eigenvalue weighted by molar-refractivity contribution is 5.97. The van der Waals surface area contributed by atoms with Crippen LogP contribution in [-0.4, -0.2) is 35.8 Å². The number of carbonyl (C=O) groups excluding carboxylic acids is 2. The Morgan fingerprint density at radius 1 is 1.42 bits per heavy atom. The fraction of sp³-hybridized carbons (Fsp3) is 0.429. The average Bonchev–Trinajstić information content (AvgIpc) is 2.81. The van der Waals surface area contributed by atoms with Crippen molar-refractivity contribution in [3.05, 3.63) is 29.3 Å². The lowest BCUT2D eigenvalue weighted by Gasteiger charge is -2.25. The maximum Gasteiger partial charge on any atom is 0.254 e. The van der Waals surface area contributed by atoms with Crippen molar-refractivity contribution < 1.29 is 9.59 Å². The van der Waals surface area contributed by atoms with Gasteiger partial charge in [0.25, 0.3) is 5.91 Å². The summed E-state index contributed by atoms with van der Waals surface area (Å²) < 4.78 is 0. The second kappa shape index (κ2) is 5.30. The van der Waals surface area contributed by atoms with Crippen molar-refractivity contribution in [2.45, 2.75) is 26.3 Å². The van der Waals surface area contributed by atoms with Crippen LogP contribution in [0.1, 0.15) is 29.8 Å². The molecule has 0 saturated heterocycles. The first-order valence-electron chi connectivity index (χ1n) is 6.45. The van der Waals surface area contributed by atoms with Crippen LogP contribution in [0.4, 0.5) is 5.69 Å². The number of anilines is 1. The van der Waals surface area contributed by atoms with Crippen LogP contribution in [0.2, 0.25) is 0 Å². The third-order valence-corrected chi connectivity index (χ3v) is 3.28. The van der Waals surface area contributed by atoms with E-state index in [0.29, 0.717) is 5.56 Å². The minimum absolute atomic E-state index is 0.0546. The van der Waals surface area contributed by atoms with E-state index in [1.54, 1.807) is 0 Å². The number of fused-ring (bicyclic) bond motifs is 1. The molecule has 0 bridgehead atoms. The zero-order valence-electron chi connectivity index (χ0n) is 11.3. The second-order valence-electron chi connectivity index (χ2n) is 5.04. The summed E-state index contributed by atoms with van der Waals surface area (Å²) in [6, 6.07) is 5.55. The Morgan fingerprint density at radius 3 is 2.79 bits per heavy atom. The van der Waals surface area contributed by atoms with E-state index in [4.69, 9.17) is 5.73 Å². The van der Waals surface area contributed by atoms with Crippen molar-refractivity contribution in [2.24, 2.45) is 5.73 Å². The molecule has 1 aliphatic heterocycles. The first kappa shape index (κ1) is 13.4. The van der Waals surface area contributed by atoms with Crippen LogP contribution in [-0.2, 0) is 11.2 Å². The fourth-order valence-electron chi connectivity index (χ4n) is 2.25. The Kier molecular flexibility index (Phi) is 3.74. The molecule has 0 spiro atoms. The standard InChI is InChI=1S/C14H19N3O2/c1-9(2)17(8-13(15)18)14(19)11-4-3-10-5-6-16-12(10)7-11/h3-4,7,9,16H,5-6,8H2,1-2H3,(H2,15,18). The average molecular weight is 261 g/mol. The van der Waals surface area contributed by atoms with Gasteiger partial charge in [-0.05, 0) is 38.0 Å². The van der Waals surface area contributed by atoms with Crippen LogP contribution in [0.15, 0.2) is 18.2 Å². The van der Waals surface area contributed by atoms with Gasteiger partial charge in [-0.1, -0.05) is 6.07 Å². The van der Waals surface area contributed by atoms with Gasteiger partial charge < -0.3 is 16.0 Å². The fourth-order valence-corrected chi connectivity index (χ4v) is 2.25. The van der Waals surface area contributed by atoms with Crippen molar-refractivity contribution >= 4 is 17.5 Å². The Labute approximate surface area is 112 Å². The summed E-state index contributed by atoms with van der Waals surface area (Å²) in [4.78, 5) is 25.0. The number of carbonyl (C=O) groups is 2. The van der Waals surface area contributed by atoms with Crippen LogP contribution < -0.4 is 11.1 Å². The molecule has 0 aromatic heterocycles. The lowest BCUT2D eigenvalue weighted by atomic mass is 10.1. The zero-order chi connectivity index (χ0) is 14.0. The molecule has 1 heterocycles. The summed E-state index contributed by atoms with van der Waals surface area (Å²) in [6.07, 6.45) is 0.985. The minimum atomic E-state index is -0.499. The minimum Gasteiger partial charge on any atom is -0.384 e. The third-order valence-electron chi connectivity index (χ3n) is 3.28. The quantitative estimate of drug-likeness (QED) is 0.848. The number of primary amides is 1. The monoisotopic (exact) mass is 261 g/mol. The van der Waals surface area contributed by atoms with Gasteiger partial charge in [0, 0.05) is 23.8 Å². The number of nitrogens with zero attached hydrogens (tertiary/aromatic N) is 1. The first-order valence-corrected chi connectivity index (χ1v) is 6.45. The van der Waals surface area contributed by atoms with E-state index in [1.165, 1.54) is 10.5 Å². The number of nitrogens with one attached hydrogen (secondary N) is 1. The molecule has 0 saturated carbocycles. The smallest absolute Gasteiger partial charge is 0.254 e. The van der Waals surface area contributed by atoms with Crippen LogP contribution in [0.3, 0.4) is 0 Å². The summed E-state index contributed by atoms with van der Waals surface area (Å²) in [7, 11) is 0. The van der Waals surface area contributed by atoms with E-state index in [1.807, 2.05) is 32.0 Å². The molecule has 0 radical (unpaired) electrons. The van der Waals surface area contributed by atoms with Gasteiger partial charge in [-0.25, -0.2) is 0 Å². The molecule has 0 unspecified atom stereocenters. The molecule has 5 heteroatoms. The van der Waals surface area contributed by atoms with Crippen LogP contribution in [0.5, 0.6) is 0 Å². The highest BCUT2D eigenvalue weighted by Crippen LogP contribution is 2.24. The molecule has 102 valence electrons. The molecular formula is C14H19N3O2. The highest BCUT2D eigenvalue weighted by Gasteiger charge is 2.22. The molecule has 2 rings (SSSR count). The van der Waals surface area contributed by atoms with E-state index in [2.05, 4.69) is 5.32 Å². The van der Waals surface area contributed by atoms with Gasteiger partial charge in [0.2, 0.25) is 5.91 Å². The topological polar surface area (TPSA) is 75.4 Å². The molecule has 3 N–H and O–H groups in total. The van der Waals surface area contributed by atoms with E-state index < -0.39 is 5.91 Å². The maximum absolute atomic E-state index is 12.4. The summed E-state index contributed by atoms with van der Waals surface area (Å²) in [5.74, 6) is -0.661. The van der Waals surface area contributed by atoms with Gasteiger partial charge >= 0.3 is 0 Å². The number of amides is 2. The highest BCUT2D eigenvalue weighted by atomic mass is 16.2. The Morgan fingerprint density at radius 2 is 2.16 bits per heavy atom. The zero-order valence-corrected chi connectivity index (χ0v) is 11.3. The van der Waals surface area contributed by atoms with Crippen molar-refractivity contribution in [1.82, 2.24) is 4.90 Å². The lowest BCUT2D eigenvalue weighted by Crippen LogP contribution is -2.42. The predicted molar refractivity (Wildman–Crippen MR) is 74.0 cm³/mol. The Hall–Kier alpha value is -2.04. The Balaban J connectivity index is 2.24.